The molecule has 1 amide bonds. The van der Waals surface area contributed by atoms with Crippen LogP contribution >= 0.6 is 11.3 Å². The van der Waals surface area contributed by atoms with E-state index in [1.165, 1.54) is 16.7 Å². The number of carbonyl (C=O) groups excluding carboxylic acids is 1. The number of nitriles is 1. The number of H-pyrrole nitrogens is 1. The molecule has 0 aliphatic carbocycles. The molecule has 6 nitrogen and oxygen atoms in total. The molecule has 2 N–H and O–H groups in total. The third-order valence-corrected chi connectivity index (χ3v) is 6.08. The molecule has 31 heavy (non-hydrogen) atoms. The summed E-state index contributed by atoms with van der Waals surface area (Å²) in [6.45, 7) is 3.52. The Bertz CT molecular complexity index is 1390. The van der Waals surface area contributed by atoms with E-state index in [9.17, 15) is 14.9 Å². The highest BCUT2D eigenvalue weighted by Gasteiger charge is 2.14. The van der Waals surface area contributed by atoms with Gasteiger partial charge in [0.25, 0.3) is 5.56 Å². The van der Waals surface area contributed by atoms with Gasteiger partial charge in [-0.1, -0.05) is 36.4 Å². The third kappa shape index (κ3) is 4.25. The number of benzene rings is 2. The first-order chi connectivity index (χ1) is 15.0. The highest BCUT2D eigenvalue weighted by atomic mass is 32.1. The molecule has 0 atom stereocenters. The number of rotatable bonds is 5. The Kier molecular flexibility index (Phi) is 5.65. The molecular formula is C24H20N4O2S. The summed E-state index contributed by atoms with van der Waals surface area (Å²) in [4.78, 5) is 31.6. The Morgan fingerprint density at radius 1 is 1.19 bits per heavy atom. The van der Waals surface area contributed by atoms with Crippen molar-refractivity contribution in [3.05, 3.63) is 80.6 Å². The van der Waals surface area contributed by atoms with E-state index in [4.69, 9.17) is 0 Å². The van der Waals surface area contributed by atoms with Crippen LogP contribution in [0.3, 0.4) is 0 Å². The van der Waals surface area contributed by atoms with Gasteiger partial charge in [-0.2, -0.15) is 5.26 Å². The van der Waals surface area contributed by atoms with Gasteiger partial charge in [-0.05, 0) is 48.2 Å². The maximum atomic E-state index is 12.5. The molecule has 0 bridgehead atoms. The van der Waals surface area contributed by atoms with Crippen LogP contribution in [0, 0.1) is 25.2 Å². The Morgan fingerprint density at radius 2 is 1.97 bits per heavy atom. The lowest BCUT2D eigenvalue weighted by Crippen LogP contribution is -2.18. The van der Waals surface area contributed by atoms with Gasteiger partial charge < -0.3 is 10.3 Å². The minimum Gasteiger partial charge on any atom is -0.325 e. The topological polar surface area (TPSA) is 98.6 Å². The fraction of sp³-hybridized carbons (Fsp3) is 0.167. The average molecular weight is 429 g/mol. The first-order valence-electron chi connectivity index (χ1n) is 9.83. The zero-order valence-corrected chi connectivity index (χ0v) is 18.0. The average Bonchev–Trinajstić information content (AvgIpc) is 3.21. The van der Waals surface area contributed by atoms with E-state index < -0.39 is 5.56 Å². The van der Waals surface area contributed by atoms with Crippen molar-refractivity contribution in [2.24, 2.45) is 0 Å². The van der Waals surface area contributed by atoms with Crippen LogP contribution in [-0.4, -0.2) is 15.9 Å². The Hall–Kier alpha value is -3.76. The molecule has 7 heteroatoms. The van der Waals surface area contributed by atoms with E-state index in [-0.39, 0.29) is 17.9 Å². The third-order valence-electron chi connectivity index (χ3n) is 5.32. The van der Waals surface area contributed by atoms with E-state index in [1.54, 1.807) is 13.8 Å². The number of carbonyl (C=O) groups is 1. The van der Waals surface area contributed by atoms with Crippen molar-refractivity contribution in [3.63, 3.8) is 0 Å². The van der Waals surface area contributed by atoms with Crippen LogP contribution in [0.25, 0.3) is 22.0 Å². The second-order valence-corrected chi connectivity index (χ2v) is 8.18. The molecule has 4 aromatic rings. The molecule has 0 spiro atoms. The Balaban J connectivity index is 1.45. The van der Waals surface area contributed by atoms with Crippen molar-refractivity contribution < 1.29 is 4.79 Å². The summed E-state index contributed by atoms with van der Waals surface area (Å²) in [6, 6.07) is 16.3. The highest BCUT2D eigenvalue weighted by molar-refractivity contribution is 7.14. The van der Waals surface area contributed by atoms with Crippen molar-refractivity contribution >= 4 is 33.1 Å². The minimum absolute atomic E-state index is 0.0981. The molecule has 4 rings (SSSR count). The summed E-state index contributed by atoms with van der Waals surface area (Å²) in [7, 11) is 0. The van der Waals surface area contributed by atoms with E-state index in [1.807, 2.05) is 29.6 Å². The highest BCUT2D eigenvalue weighted by Crippen LogP contribution is 2.28. The molecule has 2 aromatic carbocycles. The number of aromatic amines is 1. The molecule has 0 saturated heterocycles. The Morgan fingerprint density at radius 3 is 2.74 bits per heavy atom. The maximum absolute atomic E-state index is 12.5. The van der Waals surface area contributed by atoms with Gasteiger partial charge in [0.15, 0.2) is 5.13 Å². The van der Waals surface area contributed by atoms with E-state index >= 15 is 0 Å². The fourth-order valence-electron chi connectivity index (χ4n) is 3.65. The monoisotopic (exact) mass is 428 g/mol. The standard InChI is InChI=1S/C24H20N4O2S/c1-14-19(15(2)26-23(30)20(14)12-25)9-10-22(29)28-24-27-21(13-31-24)18-8-7-16-5-3-4-6-17(16)11-18/h3-8,11,13H,9-10H2,1-2H3,(H,26,30)(H,27,28,29). The first kappa shape index (κ1) is 20.5. The first-order valence-corrected chi connectivity index (χ1v) is 10.7. The molecule has 2 heterocycles. The number of nitrogens with zero attached hydrogens (tertiary/aromatic N) is 2. The van der Waals surface area contributed by atoms with Gasteiger partial charge in [0.2, 0.25) is 5.91 Å². The number of aromatic nitrogens is 2. The van der Waals surface area contributed by atoms with Crippen molar-refractivity contribution in [1.29, 1.82) is 5.26 Å². The molecular weight excluding hydrogens is 408 g/mol. The van der Waals surface area contributed by atoms with Crippen molar-refractivity contribution in [2.75, 3.05) is 5.32 Å². The summed E-state index contributed by atoms with van der Waals surface area (Å²) in [6.07, 6.45) is 0.654. The van der Waals surface area contributed by atoms with Crippen LogP contribution in [0.5, 0.6) is 0 Å². The summed E-state index contributed by atoms with van der Waals surface area (Å²) < 4.78 is 0. The Labute approximate surface area is 183 Å². The van der Waals surface area contributed by atoms with Gasteiger partial charge in [0, 0.05) is 23.1 Å². The molecule has 0 saturated carbocycles. The summed E-state index contributed by atoms with van der Waals surface area (Å²) >= 11 is 1.38. The zero-order chi connectivity index (χ0) is 22.0. The largest absolute Gasteiger partial charge is 0.325 e. The van der Waals surface area contributed by atoms with Crippen LogP contribution in [0.4, 0.5) is 5.13 Å². The van der Waals surface area contributed by atoms with Gasteiger partial charge in [-0.3, -0.25) is 9.59 Å². The number of hydrogen-bond donors (Lipinski definition) is 2. The van der Waals surface area contributed by atoms with E-state index in [0.717, 1.165) is 22.2 Å². The second-order valence-electron chi connectivity index (χ2n) is 7.32. The van der Waals surface area contributed by atoms with Gasteiger partial charge in [0.1, 0.15) is 11.6 Å². The number of pyridine rings is 1. The van der Waals surface area contributed by atoms with Crippen molar-refractivity contribution in [3.8, 4) is 17.3 Å². The fourth-order valence-corrected chi connectivity index (χ4v) is 4.39. The van der Waals surface area contributed by atoms with Gasteiger partial charge in [0.05, 0.1) is 5.69 Å². The van der Waals surface area contributed by atoms with Crippen LogP contribution in [0.15, 0.2) is 52.6 Å². The normalized spacial score (nSPS) is 10.7. The smallest absolute Gasteiger partial charge is 0.266 e. The lowest BCUT2D eigenvalue weighted by molar-refractivity contribution is -0.116. The molecule has 0 radical (unpaired) electrons. The van der Waals surface area contributed by atoms with E-state index in [0.29, 0.717) is 22.8 Å². The SMILES string of the molecule is Cc1[nH]c(=O)c(C#N)c(C)c1CCC(=O)Nc1nc(-c2ccc3ccccc3c2)cs1. The number of thiazole rings is 1. The van der Waals surface area contributed by atoms with E-state index in [2.05, 4.69) is 39.6 Å². The molecule has 0 fully saturated rings. The van der Waals surface area contributed by atoms with Gasteiger partial charge in [-0.25, -0.2) is 4.98 Å². The number of amides is 1. The van der Waals surface area contributed by atoms with Crippen molar-refractivity contribution in [1.82, 2.24) is 9.97 Å². The predicted molar refractivity (Wildman–Crippen MR) is 123 cm³/mol. The lowest BCUT2D eigenvalue weighted by Gasteiger charge is -2.10. The maximum Gasteiger partial charge on any atom is 0.266 e. The van der Waals surface area contributed by atoms with Gasteiger partial charge in [-0.15, -0.1) is 11.3 Å². The van der Waals surface area contributed by atoms with Crippen molar-refractivity contribution in [2.45, 2.75) is 26.7 Å². The van der Waals surface area contributed by atoms with Gasteiger partial charge >= 0.3 is 0 Å². The lowest BCUT2D eigenvalue weighted by atomic mass is 9.99. The number of nitrogens with one attached hydrogen (secondary N) is 2. The molecule has 154 valence electrons. The van der Waals surface area contributed by atoms with Crippen LogP contribution < -0.4 is 10.9 Å². The predicted octanol–water partition coefficient (Wildman–Crippen LogP) is 4.71. The summed E-state index contributed by atoms with van der Waals surface area (Å²) in [5.74, 6) is -0.164. The molecule has 0 aliphatic heterocycles. The van der Waals surface area contributed by atoms with Crippen LogP contribution in [-0.2, 0) is 11.2 Å². The number of anilines is 1. The number of aryl methyl sites for hydroxylation is 1. The molecule has 0 aliphatic rings. The number of hydrogen-bond acceptors (Lipinski definition) is 5. The van der Waals surface area contributed by atoms with Crippen LogP contribution in [0.1, 0.15) is 28.8 Å². The zero-order valence-electron chi connectivity index (χ0n) is 17.2. The number of fused-ring (bicyclic) bond motifs is 1. The second kappa shape index (κ2) is 8.54. The summed E-state index contributed by atoms with van der Waals surface area (Å²) in [5, 5.41) is 16.8. The molecule has 2 aromatic heterocycles. The minimum atomic E-state index is -0.394. The quantitative estimate of drug-likeness (QED) is 0.481. The summed E-state index contributed by atoms with van der Waals surface area (Å²) in [5.41, 5.74) is 3.65. The molecule has 0 unspecified atom stereocenters. The van der Waals surface area contributed by atoms with Crippen LogP contribution in [0.2, 0.25) is 0 Å².